The fraction of sp³-hybridized carbons (Fsp3) is 0.111. The summed E-state index contributed by atoms with van der Waals surface area (Å²) < 4.78 is 4.51. The standard InChI is InChI=1S/C36H30ClN3O2S/c1-39-32-19-11-18-30(37)33(32)40(35(39)43)29-22-20-25(21-23-29)24-31(34(41)42)38-36(26-12-5-2-6-13-26,27-14-7-3-8-15-27)28-16-9-4-10-17-28/h2-23,31,38H,24H2,1H3,(H,41,42). The number of carboxylic acids is 1. The summed E-state index contributed by atoms with van der Waals surface area (Å²) in [6.45, 7) is 0. The molecule has 0 saturated heterocycles. The van der Waals surface area contributed by atoms with Crippen LogP contribution in [0.5, 0.6) is 0 Å². The van der Waals surface area contributed by atoms with E-state index in [-0.39, 0.29) is 6.42 Å². The molecule has 1 unspecified atom stereocenters. The summed E-state index contributed by atoms with van der Waals surface area (Å²) in [5, 5.41) is 14.8. The third kappa shape index (κ3) is 5.30. The zero-order valence-electron chi connectivity index (χ0n) is 23.5. The Morgan fingerprint density at radius 3 is 1.79 bits per heavy atom. The van der Waals surface area contributed by atoms with Crippen LogP contribution >= 0.6 is 23.8 Å². The van der Waals surface area contributed by atoms with Crippen LogP contribution in [0.25, 0.3) is 16.7 Å². The van der Waals surface area contributed by atoms with Crippen molar-refractivity contribution in [1.82, 2.24) is 14.5 Å². The number of imidazole rings is 1. The number of hydrogen-bond acceptors (Lipinski definition) is 3. The van der Waals surface area contributed by atoms with Gasteiger partial charge in [-0.3, -0.25) is 14.7 Å². The zero-order valence-corrected chi connectivity index (χ0v) is 25.1. The first-order valence-electron chi connectivity index (χ1n) is 14.0. The molecule has 0 aliphatic heterocycles. The number of hydrogen-bond donors (Lipinski definition) is 2. The lowest BCUT2D eigenvalue weighted by Crippen LogP contribution is -2.53. The molecule has 0 fully saturated rings. The minimum atomic E-state index is -0.931. The van der Waals surface area contributed by atoms with E-state index >= 15 is 0 Å². The Hall–Kier alpha value is -4.49. The zero-order chi connectivity index (χ0) is 30.0. The molecule has 0 aliphatic carbocycles. The molecule has 0 saturated carbocycles. The van der Waals surface area contributed by atoms with Gasteiger partial charge in [0.1, 0.15) is 6.04 Å². The van der Waals surface area contributed by atoms with Crippen LogP contribution in [0, 0.1) is 4.77 Å². The summed E-state index contributed by atoms with van der Waals surface area (Å²) in [6.07, 6.45) is 0.269. The van der Waals surface area contributed by atoms with Gasteiger partial charge in [0.25, 0.3) is 0 Å². The van der Waals surface area contributed by atoms with Crippen molar-refractivity contribution in [2.45, 2.75) is 18.0 Å². The lowest BCUT2D eigenvalue weighted by Gasteiger charge is -2.39. The normalized spacial score (nSPS) is 12.3. The van der Waals surface area contributed by atoms with E-state index in [9.17, 15) is 9.90 Å². The molecule has 2 N–H and O–H groups in total. The number of nitrogens with one attached hydrogen (secondary N) is 1. The van der Waals surface area contributed by atoms with Gasteiger partial charge < -0.3 is 9.67 Å². The van der Waals surface area contributed by atoms with E-state index in [1.165, 1.54) is 0 Å². The van der Waals surface area contributed by atoms with Crippen LogP contribution in [0.2, 0.25) is 5.02 Å². The Morgan fingerprint density at radius 2 is 1.30 bits per heavy atom. The Bertz CT molecular complexity index is 1840. The van der Waals surface area contributed by atoms with E-state index in [1.54, 1.807) is 0 Å². The van der Waals surface area contributed by atoms with Crippen LogP contribution < -0.4 is 5.32 Å². The predicted molar refractivity (Wildman–Crippen MR) is 176 cm³/mol. The molecule has 0 spiro atoms. The minimum Gasteiger partial charge on any atom is -0.480 e. The first-order chi connectivity index (χ1) is 20.9. The molecule has 7 heteroatoms. The second-order valence-electron chi connectivity index (χ2n) is 10.5. The van der Waals surface area contributed by atoms with E-state index in [1.807, 2.05) is 150 Å². The van der Waals surface area contributed by atoms with Gasteiger partial charge in [0.05, 0.1) is 21.6 Å². The van der Waals surface area contributed by atoms with Crippen molar-refractivity contribution in [3.05, 3.63) is 166 Å². The van der Waals surface area contributed by atoms with E-state index in [0.717, 1.165) is 39.0 Å². The highest BCUT2D eigenvalue weighted by Crippen LogP contribution is 2.37. The van der Waals surface area contributed by atoms with E-state index in [0.29, 0.717) is 9.79 Å². The van der Waals surface area contributed by atoms with Gasteiger partial charge in [-0.1, -0.05) is 121 Å². The first-order valence-corrected chi connectivity index (χ1v) is 14.8. The van der Waals surface area contributed by atoms with Gasteiger partial charge in [0.2, 0.25) is 0 Å². The van der Waals surface area contributed by atoms with Crippen molar-refractivity contribution in [1.29, 1.82) is 0 Å². The number of nitrogens with zero attached hydrogens (tertiary/aromatic N) is 2. The molecule has 0 aliphatic rings. The molecule has 6 rings (SSSR count). The molecule has 1 aromatic heterocycles. The molecule has 5 aromatic carbocycles. The Labute approximate surface area is 260 Å². The average molecular weight is 604 g/mol. The predicted octanol–water partition coefficient (Wildman–Crippen LogP) is 7.93. The molecular weight excluding hydrogens is 574 g/mol. The monoisotopic (exact) mass is 603 g/mol. The molecule has 5 nitrogen and oxygen atoms in total. The van der Waals surface area contributed by atoms with Gasteiger partial charge in [0, 0.05) is 12.7 Å². The molecular formula is C36H30ClN3O2S. The largest absolute Gasteiger partial charge is 0.480 e. The van der Waals surface area contributed by atoms with Gasteiger partial charge in [-0.25, -0.2) is 0 Å². The van der Waals surface area contributed by atoms with Crippen molar-refractivity contribution < 1.29 is 9.90 Å². The van der Waals surface area contributed by atoms with Gasteiger partial charge in [-0.15, -0.1) is 0 Å². The summed E-state index contributed by atoms with van der Waals surface area (Å²) in [5.74, 6) is -0.931. The molecule has 214 valence electrons. The van der Waals surface area contributed by atoms with Gasteiger partial charge in [0.15, 0.2) is 4.77 Å². The van der Waals surface area contributed by atoms with Crippen molar-refractivity contribution in [3.8, 4) is 5.69 Å². The summed E-state index contributed by atoms with van der Waals surface area (Å²) in [6, 6.07) is 42.7. The number of para-hydroxylation sites is 1. The van der Waals surface area contributed by atoms with Gasteiger partial charge in [-0.2, -0.15) is 0 Å². The molecule has 1 atom stereocenters. The highest BCUT2D eigenvalue weighted by Gasteiger charge is 2.39. The van der Waals surface area contributed by atoms with Crippen LogP contribution in [-0.2, 0) is 23.8 Å². The van der Waals surface area contributed by atoms with Crippen molar-refractivity contribution in [2.75, 3.05) is 0 Å². The summed E-state index contributed by atoms with van der Waals surface area (Å²) in [5.41, 5.74) is 5.48. The highest BCUT2D eigenvalue weighted by atomic mass is 35.5. The highest BCUT2D eigenvalue weighted by molar-refractivity contribution is 7.71. The number of fused-ring (bicyclic) bond motifs is 1. The van der Waals surface area contributed by atoms with Crippen molar-refractivity contribution in [2.24, 2.45) is 7.05 Å². The number of halogens is 1. The maximum Gasteiger partial charge on any atom is 0.321 e. The third-order valence-corrected chi connectivity index (χ3v) is 8.73. The van der Waals surface area contributed by atoms with E-state index in [2.05, 4.69) is 5.32 Å². The van der Waals surface area contributed by atoms with E-state index < -0.39 is 17.6 Å². The number of carbonyl (C=O) groups is 1. The molecule has 43 heavy (non-hydrogen) atoms. The summed E-state index contributed by atoms with van der Waals surface area (Å²) in [7, 11) is 1.92. The Balaban J connectivity index is 1.40. The lowest BCUT2D eigenvalue weighted by molar-refractivity contribution is -0.139. The maximum atomic E-state index is 12.9. The molecule has 0 amide bonds. The summed E-state index contributed by atoms with van der Waals surface area (Å²) in [4.78, 5) is 12.9. The fourth-order valence-electron chi connectivity index (χ4n) is 5.88. The van der Waals surface area contributed by atoms with Gasteiger partial charge in [-0.05, 0) is 65.2 Å². The van der Waals surface area contributed by atoms with Crippen LogP contribution in [0.1, 0.15) is 22.3 Å². The minimum absolute atomic E-state index is 0.269. The molecule has 0 radical (unpaired) electrons. The number of aliphatic carboxylic acids is 1. The van der Waals surface area contributed by atoms with E-state index in [4.69, 9.17) is 23.8 Å². The SMILES string of the molecule is Cn1c(=S)n(-c2ccc(CC(NC(c3ccccc3)(c3ccccc3)c3ccccc3)C(=O)O)cc2)c2c(Cl)cccc21. The summed E-state index contributed by atoms with van der Waals surface area (Å²) >= 11 is 12.3. The Kier molecular flexibility index (Phi) is 8.00. The van der Waals surface area contributed by atoms with Crippen LogP contribution in [0.3, 0.4) is 0 Å². The number of aromatic nitrogens is 2. The van der Waals surface area contributed by atoms with Crippen LogP contribution in [-0.4, -0.2) is 26.3 Å². The topological polar surface area (TPSA) is 59.2 Å². The smallest absolute Gasteiger partial charge is 0.321 e. The maximum absolute atomic E-state index is 12.9. The van der Waals surface area contributed by atoms with Crippen molar-refractivity contribution in [3.63, 3.8) is 0 Å². The first kappa shape index (κ1) is 28.6. The van der Waals surface area contributed by atoms with Crippen LogP contribution in [0.4, 0.5) is 0 Å². The van der Waals surface area contributed by atoms with Gasteiger partial charge >= 0.3 is 5.97 Å². The number of benzene rings is 5. The quantitative estimate of drug-likeness (QED) is 0.130. The number of rotatable bonds is 9. The second kappa shape index (κ2) is 12.0. The molecule has 1 heterocycles. The second-order valence-corrected chi connectivity index (χ2v) is 11.3. The fourth-order valence-corrected chi connectivity index (χ4v) is 6.43. The number of carboxylic acid groups (broad SMARTS) is 1. The molecule has 0 bridgehead atoms. The molecule has 6 aromatic rings. The third-order valence-electron chi connectivity index (χ3n) is 7.97. The number of aryl methyl sites for hydroxylation is 1. The lowest BCUT2D eigenvalue weighted by atomic mass is 9.76. The van der Waals surface area contributed by atoms with Crippen molar-refractivity contribution >= 4 is 40.8 Å². The van der Waals surface area contributed by atoms with Crippen LogP contribution in [0.15, 0.2) is 133 Å². The Morgan fingerprint density at radius 1 is 0.791 bits per heavy atom. The average Bonchev–Trinajstić information content (AvgIpc) is 3.31.